The van der Waals surface area contributed by atoms with E-state index in [-0.39, 0.29) is 6.10 Å². The highest BCUT2D eigenvalue weighted by atomic mass is 16.3. The van der Waals surface area contributed by atoms with E-state index in [1.54, 1.807) is 6.07 Å². The fourth-order valence-electron chi connectivity index (χ4n) is 1.79. The van der Waals surface area contributed by atoms with Crippen molar-refractivity contribution in [2.75, 3.05) is 18.0 Å². The smallest absolute Gasteiger partial charge is 0.169 e. The molecule has 0 amide bonds. The Balaban J connectivity index is 2.25. The summed E-state index contributed by atoms with van der Waals surface area (Å²) in [6.07, 6.45) is 2.91. The third kappa shape index (κ3) is 2.05. The lowest BCUT2D eigenvalue weighted by Crippen LogP contribution is -2.39. The van der Waals surface area contributed by atoms with Crippen LogP contribution in [-0.2, 0) is 0 Å². The highest BCUT2D eigenvalue weighted by Gasteiger charge is 2.21. The molecule has 5 nitrogen and oxygen atoms in total. The van der Waals surface area contributed by atoms with Gasteiger partial charge in [-0.1, -0.05) is 0 Å². The molecule has 0 unspecified atom stereocenters. The highest BCUT2D eigenvalue weighted by Crippen LogP contribution is 2.20. The molecule has 1 aliphatic heterocycles. The van der Waals surface area contributed by atoms with Crippen molar-refractivity contribution < 1.29 is 5.11 Å². The highest BCUT2D eigenvalue weighted by molar-refractivity contribution is 5.52. The fourth-order valence-corrected chi connectivity index (χ4v) is 1.79. The van der Waals surface area contributed by atoms with Crippen LogP contribution in [0.5, 0.6) is 0 Å². The van der Waals surface area contributed by atoms with Crippen molar-refractivity contribution in [1.82, 2.24) is 10.2 Å². The van der Waals surface area contributed by atoms with E-state index in [1.165, 1.54) is 6.20 Å². The zero-order chi connectivity index (χ0) is 10.7. The van der Waals surface area contributed by atoms with Gasteiger partial charge in [-0.2, -0.15) is 10.4 Å². The average molecular weight is 204 g/mol. The van der Waals surface area contributed by atoms with E-state index in [1.807, 2.05) is 4.90 Å². The number of anilines is 1. The average Bonchev–Trinajstić information content (AvgIpc) is 2.29. The maximum atomic E-state index is 9.53. The molecule has 0 aliphatic carbocycles. The van der Waals surface area contributed by atoms with Gasteiger partial charge in [0.1, 0.15) is 6.07 Å². The third-order valence-corrected chi connectivity index (χ3v) is 2.52. The Kier molecular flexibility index (Phi) is 2.79. The molecule has 1 aliphatic rings. The number of nitriles is 1. The fraction of sp³-hybridized carbons (Fsp3) is 0.500. The van der Waals surface area contributed by atoms with Crippen LogP contribution in [0.3, 0.4) is 0 Å². The van der Waals surface area contributed by atoms with Gasteiger partial charge in [0.25, 0.3) is 0 Å². The number of hydrogen-bond acceptors (Lipinski definition) is 5. The van der Waals surface area contributed by atoms with Gasteiger partial charge in [-0.3, -0.25) is 0 Å². The van der Waals surface area contributed by atoms with E-state index in [2.05, 4.69) is 16.3 Å². The van der Waals surface area contributed by atoms with Crippen LogP contribution >= 0.6 is 0 Å². The molecular weight excluding hydrogens is 192 g/mol. The summed E-state index contributed by atoms with van der Waals surface area (Å²) in [6.45, 7) is 1.36. The Morgan fingerprint density at radius 2 is 2.47 bits per heavy atom. The molecule has 1 atom stereocenters. The summed E-state index contributed by atoms with van der Waals surface area (Å²) in [5, 5.41) is 26.2. The van der Waals surface area contributed by atoms with Crippen molar-refractivity contribution in [3.63, 3.8) is 0 Å². The number of aromatic nitrogens is 2. The minimum Gasteiger partial charge on any atom is -0.391 e. The Labute approximate surface area is 88.0 Å². The number of piperidine rings is 1. The second-order valence-electron chi connectivity index (χ2n) is 3.62. The molecule has 2 heterocycles. The minimum absolute atomic E-state index is 0.327. The standard InChI is InChI=1S/C10H12N4O/c11-6-8-3-4-12-13-10(8)14-5-1-2-9(15)7-14/h3-4,9,15H,1-2,5,7H2/t9-/m0/s1. The number of hydrogen-bond donors (Lipinski definition) is 1. The zero-order valence-electron chi connectivity index (χ0n) is 8.30. The topological polar surface area (TPSA) is 73.0 Å². The van der Waals surface area contributed by atoms with E-state index in [0.29, 0.717) is 17.9 Å². The van der Waals surface area contributed by atoms with E-state index in [0.717, 1.165) is 19.4 Å². The molecule has 1 aromatic heterocycles. The number of rotatable bonds is 1. The summed E-state index contributed by atoms with van der Waals surface area (Å²) in [5.41, 5.74) is 0.513. The first-order chi connectivity index (χ1) is 7.31. The van der Waals surface area contributed by atoms with Gasteiger partial charge in [-0.25, -0.2) is 0 Å². The lowest BCUT2D eigenvalue weighted by atomic mass is 10.1. The molecule has 5 heteroatoms. The third-order valence-electron chi connectivity index (χ3n) is 2.52. The summed E-state index contributed by atoms with van der Waals surface area (Å²) in [5.74, 6) is 0.582. The van der Waals surface area contributed by atoms with Crippen molar-refractivity contribution >= 4 is 5.82 Å². The number of β-amino-alcohol motifs (C(OH)–C–C–N with tert-alkyl or cyclic N) is 1. The first-order valence-corrected chi connectivity index (χ1v) is 4.96. The minimum atomic E-state index is -0.327. The summed E-state index contributed by atoms with van der Waals surface area (Å²) in [6, 6.07) is 3.72. The summed E-state index contributed by atoms with van der Waals surface area (Å²) in [4.78, 5) is 1.92. The van der Waals surface area contributed by atoms with Crippen LogP contribution in [0, 0.1) is 11.3 Å². The Bertz CT molecular complexity index is 387. The van der Waals surface area contributed by atoms with Crippen LogP contribution in [0.4, 0.5) is 5.82 Å². The van der Waals surface area contributed by atoms with Crippen molar-refractivity contribution in [3.8, 4) is 6.07 Å². The number of aliphatic hydroxyl groups is 1. The molecule has 78 valence electrons. The SMILES string of the molecule is N#Cc1ccnnc1N1CCC[C@H](O)C1. The molecule has 15 heavy (non-hydrogen) atoms. The van der Waals surface area contributed by atoms with Crippen LogP contribution in [0.2, 0.25) is 0 Å². The van der Waals surface area contributed by atoms with E-state index in [9.17, 15) is 5.11 Å². The van der Waals surface area contributed by atoms with E-state index < -0.39 is 0 Å². The van der Waals surface area contributed by atoms with E-state index in [4.69, 9.17) is 5.26 Å². The van der Waals surface area contributed by atoms with Crippen molar-refractivity contribution in [1.29, 1.82) is 5.26 Å². The maximum Gasteiger partial charge on any atom is 0.169 e. The van der Waals surface area contributed by atoms with Gasteiger partial charge in [-0.05, 0) is 18.9 Å². The quantitative estimate of drug-likeness (QED) is 0.712. The van der Waals surface area contributed by atoms with Gasteiger partial charge in [0, 0.05) is 13.1 Å². The molecule has 1 fully saturated rings. The van der Waals surface area contributed by atoms with Crippen molar-refractivity contribution in [2.24, 2.45) is 0 Å². The van der Waals surface area contributed by atoms with Gasteiger partial charge >= 0.3 is 0 Å². The van der Waals surface area contributed by atoms with Gasteiger partial charge in [0.15, 0.2) is 5.82 Å². The Morgan fingerprint density at radius 1 is 1.60 bits per heavy atom. The van der Waals surface area contributed by atoms with Gasteiger partial charge < -0.3 is 10.0 Å². The first-order valence-electron chi connectivity index (χ1n) is 4.96. The molecule has 0 spiro atoms. The molecule has 2 rings (SSSR count). The van der Waals surface area contributed by atoms with Gasteiger partial charge in [-0.15, -0.1) is 5.10 Å². The molecule has 1 saturated heterocycles. The van der Waals surface area contributed by atoms with Gasteiger partial charge in [0.05, 0.1) is 17.9 Å². The first kappa shape index (κ1) is 9.87. The molecular formula is C10H12N4O. The van der Waals surface area contributed by atoms with Crippen LogP contribution in [0.1, 0.15) is 18.4 Å². The Hall–Kier alpha value is -1.67. The van der Waals surface area contributed by atoms with Crippen LogP contribution in [-0.4, -0.2) is 34.5 Å². The second-order valence-corrected chi connectivity index (χ2v) is 3.62. The molecule has 0 aromatic carbocycles. The van der Waals surface area contributed by atoms with Crippen LogP contribution in [0.15, 0.2) is 12.3 Å². The lowest BCUT2D eigenvalue weighted by molar-refractivity contribution is 0.153. The summed E-state index contributed by atoms with van der Waals surface area (Å²) >= 11 is 0. The second kappa shape index (κ2) is 4.24. The summed E-state index contributed by atoms with van der Waals surface area (Å²) < 4.78 is 0. The van der Waals surface area contributed by atoms with Gasteiger partial charge in [0.2, 0.25) is 0 Å². The number of nitrogens with zero attached hydrogens (tertiary/aromatic N) is 4. The monoisotopic (exact) mass is 204 g/mol. The molecule has 1 aromatic rings. The van der Waals surface area contributed by atoms with Crippen LogP contribution < -0.4 is 4.90 Å². The zero-order valence-corrected chi connectivity index (χ0v) is 8.30. The Morgan fingerprint density at radius 3 is 3.20 bits per heavy atom. The number of aliphatic hydroxyl groups excluding tert-OH is 1. The maximum absolute atomic E-state index is 9.53. The lowest BCUT2D eigenvalue weighted by Gasteiger charge is -2.30. The predicted octanol–water partition coefficient (Wildman–Crippen LogP) is 0.309. The molecule has 0 saturated carbocycles. The van der Waals surface area contributed by atoms with Crippen molar-refractivity contribution in [2.45, 2.75) is 18.9 Å². The largest absolute Gasteiger partial charge is 0.391 e. The predicted molar refractivity (Wildman–Crippen MR) is 54.2 cm³/mol. The van der Waals surface area contributed by atoms with E-state index >= 15 is 0 Å². The molecule has 0 bridgehead atoms. The summed E-state index contributed by atoms with van der Waals surface area (Å²) in [7, 11) is 0. The normalized spacial score (nSPS) is 21.1. The van der Waals surface area contributed by atoms with Crippen LogP contribution in [0.25, 0.3) is 0 Å². The molecule has 0 radical (unpaired) electrons. The molecule has 1 N–H and O–H groups in total. The van der Waals surface area contributed by atoms with Crippen molar-refractivity contribution in [3.05, 3.63) is 17.8 Å².